The molecule has 0 fully saturated rings. The summed E-state index contributed by atoms with van der Waals surface area (Å²) in [5.41, 5.74) is 4.08. The molecule has 0 radical (unpaired) electrons. The van der Waals surface area contributed by atoms with E-state index >= 15 is 0 Å². The Kier molecular flexibility index (Phi) is 5.11. The number of nitrogens with one attached hydrogen (secondary N) is 2. The summed E-state index contributed by atoms with van der Waals surface area (Å²) in [6, 6.07) is 14.3. The predicted molar refractivity (Wildman–Crippen MR) is 88.1 cm³/mol. The van der Waals surface area contributed by atoms with Crippen LogP contribution in [0.25, 0.3) is 0 Å². The molecule has 0 aromatic heterocycles. The number of nitrogens with zero attached hydrogens (tertiary/aromatic N) is 1. The van der Waals surface area contributed by atoms with Crippen molar-refractivity contribution in [3.05, 3.63) is 54.1 Å². The molecule has 6 heteroatoms. The number of benzene rings is 2. The van der Waals surface area contributed by atoms with Gasteiger partial charge in [0, 0.05) is 17.3 Å². The number of phenolic OH excluding ortho intramolecular Hbond substituents is 1. The number of para-hydroxylation sites is 1. The first-order chi connectivity index (χ1) is 10.2. The molecule has 0 aliphatic rings. The fourth-order valence-electron chi connectivity index (χ4n) is 1.62. The van der Waals surface area contributed by atoms with E-state index in [4.69, 9.17) is 17.0 Å². The number of hydrogen-bond donors (Lipinski definition) is 3. The van der Waals surface area contributed by atoms with Crippen LogP contribution < -0.4 is 15.5 Å². The molecule has 2 aromatic rings. The second-order valence-electron chi connectivity index (χ2n) is 4.11. The zero-order valence-electron chi connectivity index (χ0n) is 11.4. The van der Waals surface area contributed by atoms with Gasteiger partial charge < -0.3 is 15.2 Å². The molecule has 2 rings (SSSR count). The Morgan fingerprint density at radius 2 is 2.05 bits per heavy atom. The lowest BCUT2D eigenvalue weighted by Crippen LogP contribution is -2.23. The number of phenols is 1. The van der Waals surface area contributed by atoms with Gasteiger partial charge in [0.25, 0.3) is 0 Å². The number of hydrogen-bond acceptors (Lipinski definition) is 4. The number of anilines is 1. The van der Waals surface area contributed by atoms with Crippen molar-refractivity contribution in [2.24, 2.45) is 5.10 Å². The third kappa shape index (κ3) is 4.47. The Morgan fingerprint density at radius 1 is 1.24 bits per heavy atom. The first-order valence-electron chi connectivity index (χ1n) is 6.21. The van der Waals surface area contributed by atoms with E-state index in [9.17, 15) is 5.11 Å². The summed E-state index contributed by atoms with van der Waals surface area (Å²) in [6.45, 7) is 0. The third-order valence-electron chi connectivity index (χ3n) is 2.63. The van der Waals surface area contributed by atoms with Crippen LogP contribution in [0.1, 0.15) is 5.56 Å². The summed E-state index contributed by atoms with van der Waals surface area (Å²) in [5, 5.41) is 16.9. The Hall–Kier alpha value is -2.60. The van der Waals surface area contributed by atoms with E-state index in [1.165, 1.54) is 6.21 Å². The second kappa shape index (κ2) is 7.25. The van der Waals surface area contributed by atoms with E-state index in [0.29, 0.717) is 10.7 Å². The van der Waals surface area contributed by atoms with Crippen molar-refractivity contribution in [2.45, 2.75) is 0 Å². The SMILES string of the molecule is COc1cccc(NC(=S)NN=Cc2ccccc2O)c1. The molecule has 0 heterocycles. The monoisotopic (exact) mass is 301 g/mol. The molecule has 0 spiro atoms. The van der Waals surface area contributed by atoms with Crippen molar-refractivity contribution in [1.29, 1.82) is 0 Å². The van der Waals surface area contributed by atoms with Crippen LogP contribution in [-0.2, 0) is 0 Å². The van der Waals surface area contributed by atoms with Gasteiger partial charge in [-0.05, 0) is 36.5 Å². The van der Waals surface area contributed by atoms with E-state index in [-0.39, 0.29) is 5.75 Å². The summed E-state index contributed by atoms with van der Waals surface area (Å²) in [6.07, 6.45) is 1.49. The number of rotatable bonds is 4. The highest BCUT2D eigenvalue weighted by Gasteiger charge is 1.98. The van der Waals surface area contributed by atoms with E-state index in [0.717, 1.165) is 11.4 Å². The summed E-state index contributed by atoms with van der Waals surface area (Å²) in [7, 11) is 1.60. The average Bonchev–Trinajstić information content (AvgIpc) is 2.49. The summed E-state index contributed by atoms with van der Waals surface area (Å²) in [5.74, 6) is 0.898. The van der Waals surface area contributed by atoms with Crippen LogP contribution >= 0.6 is 12.2 Å². The normalized spacial score (nSPS) is 10.3. The van der Waals surface area contributed by atoms with Gasteiger partial charge in [-0.1, -0.05) is 18.2 Å². The fraction of sp³-hybridized carbons (Fsp3) is 0.0667. The maximum atomic E-state index is 9.59. The molecular weight excluding hydrogens is 286 g/mol. The van der Waals surface area contributed by atoms with Crippen LogP contribution in [-0.4, -0.2) is 23.5 Å². The van der Waals surface area contributed by atoms with E-state index in [2.05, 4.69) is 15.8 Å². The van der Waals surface area contributed by atoms with Gasteiger partial charge in [0.1, 0.15) is 11.5 Å². The molecule has 0 aliphatic carbocycles. The number of hydrazone groups is 1. The van der Waals surface area contributed by atoms with Crippen LogP contribution in [0.15, 0.2) is 53.6 Å². The molecule has 0 amide bonds. The zero-order chi connectivity index (χ0) is 15.1. The van der Waals surface area contributed by atoms with Crippen molar-refractivity contribution in [2.75, 3.05) is 12.4 Å². The summed E-state index contributed by atoms with van der Waals surface area (Å²) in [4.78, 5) is 0. The van der Waals surface area contributed by atoms with Gasteiger partial charge in [-0.3, -0.25) is 5.43 Å². The molecule has 5 nitrogen and oxygen atoms in total. The molecule has 2 aromatic carbocycles. The Labute approximate surface area is 128 Å². The molecule has 3 N–H and O–H groups in total. The van der Waals surface area contributed by atoms with Crippen molar-refractivity contribution in [1.82, 2.24) is 5.43 Å². The summed E-state index contributed by atoms with van der Waals surface area (Å²) >= 11 is 5.12. The topological polar surface area (TPSA) is 65.9 Å². The van der Waals surface area contributed by atoms with Crippen LogP contribution in [0, 0.1) is 0 Å². The van der Waals surface area contributed by atoms with E-state index < -0.39 is 0 Å². The highest BCUT2D eigenvalue weighted by atomic mass is 32.1. The Bertz CT molecular complexity index is 659. The lowest BCUT2D eigenvalue weighted by atomic mass is 10.2. The largest absolute Gasteiger partial charge is 0.507 e. The minimum atomic E-state index is 0.162. The van der Waals surface area contributed by atoms with Gasteiger partial charge in [-0.2, -0.15) is 5.10 Å². The highest BCUT2D eigenvalue weighted by Crippen LogP contribution is 2.16. The molecule has 0 saturated heterocycles. The smallest absolute Gasteiger partial charge is 0.191 e. The minimum absolute atomic E-state index is 0.162. The molecule has 0 saturated carbocycles. The Morgan fingerprint density at radius 3 is 2.81 bits per heavy atom. The minimum Gasteiger partial charge on any atom is -0.507 e. The number of thiocarbonyl (C=S) groups is 1. The van der Waals surface area contributed by atoms with Crippen LogP contribution in [0.4, 0.5) is 5.69 Å². The van der Waals surface area contributed by atoms with E-state index in [1.54, 1.807) is 25.3 Å². The number of ether oxygens (including phenoxy) is 1. The second-order valence-corrected chi connectivity index (χ2v) is 4.52. The van der Waals surface area contributed by atoms with E-state index in [1.807, 2.05) is 30.3 Å². The fourth-order valence-corrected chi connectivity index (χ4v) is 1.79. The molecule has 0 bridgehead atoms. The van der Waals surface area contributed by atoms with Crippen molar-refractivity contribution in [3.8, 4) is 11.5 Å². The maximum Gasteiger partial charge on any atom is 0.191 e. The van der Waals surface area contributed by atoms with Crippen LogP contribution in [0.3, 0.4) is 0 Å². The standard InChI is InChI=1S/C15H15N3O2S/c1-20-13-7-4-6-12(9-13)17-15(21)18-16-10-11-5-2-3-8-14(11)19/h2-10,19H,1H3,(H2,17,18,21). The van der Waals surface area contributed by atoms with Gasteiger partial charge >= 0.3 is 0 Å². The quantitative estimate of drug-likeness (QED) is 0.460. The average molecular weight is 301 g/mol. The summed E-state index contributed by atoms with van der Waals surface area (Å²) < 4.78 is 5.13. The van der Waals surface area contributed by atoms with Crippen LogP contribution in [0.2, 0.25) is 0 Å². The lowest BCUT2D eigenvalue weighted by molar-refractivity contribution is 0.415. The molecule has 21 heavy (non-hydrogen) atoms. The molecule has 0 atom stereocenters. The van der Waals surface area contributed by atoms with Gasteiger partial charge in [0.05, 0.1) is 13.3 Å². The lowest BCUT2D eigenvalue weighted by Gasteiger charge is -2.08. The van der Waals surface area contributed by atoms with Gasteiger partial charge in [0.2, 0.25) is 0 Å². The molecule has 108 valence electrons. The third-order valence-corrected chi connectivity index (χ3v) is 2.83. The van der Waals surface area contributed by atoms with Crippen molar-refractivity contribution in [3.63, 3.8) is 0 Å². The number of methoxy groups -OCH3 is 1. The molecule has 0 unspecified atom stereocenters. The van der Waals surface area contributed by atoms with Gasteiger partial charge in [0.15, 0.2) is 5.11 Å². The molecule has 0 aliphatic heterocycles. The predicted octanol–water partition coefficient (Wildman–Crippen LogP) is 2.72. The van der Waals surface area contributed by atoms with Gasteiger partial charge in [-0.15, -0.1) is 0 Å². The first kappa shape index (κ1) is 14.8. The number of aromatic hydroxyl groups is 1. The molecular formula is C15H15N3O2S. The van der Waals surface area contributed by atoms with Crippen molar-refractivity contribution < 1.29 is 9.84 Å². The van der Waals surface area contributed by atoms with Crippen molar-refractivity contribution >= 4 is 29.2 Å². The van der Waals surface area contributed by atoms with Gasteiger partial charge in [-0.25, -0.2) is 0 Å². The zero-order valence-corrected chi connectivity index (χ0v) is 12.2. The Balaban J connectivity index is 1.91. The van der Waals surface area contributed by atoms with Crippen LogP contribution in [0.5, 0.6) is 11.5 Å². The first-order valence-corrected chi connectivity index (χ1v) is 6.62. The maximum absolute atomic E-state index is 9.59. The highest BCUT2D eigenvalue weighted by molar-refractivity contribution is 7.80.